The van der Waals surface area contributed by atoms with Crippen LogP contribution in [0.3, 0.4) is 0 Å². The van der Waals surface area contributed by atoms with E-state index in [9.17, 15) is 19.0 Å². The summed E-state index contributed by atoms with van der Waals surface area (Å²) in [5.74, 6) is 0.918. The lowest BCUT2D eigenvalue weighted by Gasteiger charge is -2.47. The number of carbonyl (C=O) groups is 1. The van der Waals surface area contributed by atoms with E-state index in [0.717, 1.165) is 49.3 Å². The van der Waals surface area contributed by atoms with Crippen LogP contribution in [-0.4, -0.2) is 63.2 Å². The fraction of sp³-hybridized carbons (Fsp3) is 0.581. The van der Waals surface area contributed by atoms with E-state index < -0.39 is 22.9 Å². The average molecular weight is 571 g/mol. The summed E-state index contributed by atoms with van der Waals surface area (Å²) in [7, 11) is -2.93. The third-order valence-corrected chi connectivity index (χ3v) is 11.0. The Balaban J connectivity index is 1.35. The van der Waals surface area contributed by atoms with E-state index in [4.69, 9.17) is 0 Å². The quantitative estimate of drug-likeness (QED) is 0.214. The molecular weight excluding hydrogens is 524 g/mol. The lowest BCUT2D eigenvalue weighted by atomic mass is 9.66. The van der Waals surface area contributed by atoms with Crippen LogP contribution in [0.4, 0.5) is 11.4 Å². The van der Waals surface area contributed by atoms with Crippen molar-refractivity contribution in [1.82, 2.24) is 10.6 Å². The summed E-state index contributed by atoms with van der Waals surface area (Å²) in [5.41, 5.74) is 2.96. The van der Waals surface area contributed by atoms with Crippen LogP contribution in [0.2, 0.25) is 0 Å². The van der Waals surface area contributed by atoms with Gasteiger partial charge in [0.15, 0.2) is 0 Å². The lowest BCUT2D eigenvalue weighted by Crippen LogP contribution is -2.56. The topological polar surface area (TPSA) is 117 Å². The molecule has 6 N–H and O–H groups in total. The van der Waals surface area contributed by atoms with Crippen molar-refractivity contribution in [2.24, 2.45) is 5.92 Å². The molecule has 0 spiro atoms. The maximum atomic E-state index is 13.7. The largest absolute Gasteiger partial charge is 0.390 e. The van der Waals surface area contributed by atoms with Crippen molar-refractivity contribution in [3.05, 3.63) is 59.7 Å². The van der Waals surface area contributed by atoms with E-state index in [1.54, 1.807) is 16.4 Å². The molecule has 1 saturated heterocycles. The molecule has 0 unspecified atom stereocenters. The first-order chi connectivity index (χ1) is 19.3. The minimum atomic E-state index is -2.93. The van der Waals surface area contributed by atoms with E-state index in [-0.39, 0.29) is 11.4 Å². The number of hydrogen-bond acceptors (Lipinski definition) is 7. The third kappa shape index (κ3) is 6.94. The van der Waals surface area contributed by atoms with Gasteiger partial charge in [0.05, 0.1) is 23.6 Å². The molecule has 1 heterocycles. The van der Waals surface area contributed by atoms with Gasteiger partial charge in [-0.1, -0.05) is 30.3 Å². The van der Waals surface area contributed by atoms with Gasteiger partial charge in [0.25, 0.3) is 5.91 Å². The van der Waals surface area contributed by atoms with Crippen molar-refractivity contribution >= 4 is 28.1 Å². The van der Waals surface area contributed by atoms with Gasteiger partial charge in [-0.2, -0.15) is 0 Å². The first kappa shape index (κ1) is 29.2. The molecule has 4 fully saturated rings. The van der Waals surface area contributed by atoms with Crippen LogP contribution < -0.4 is 20.3 Å². The fourth-order valence-electron chi connectivity index (χ4n) is 6.68. The van der Waals surface area contributed by atoms with E-state index >= 15 is 0 Å². The van der Waals surface area contributed by atoms with E-state index in [2.05, 4.69) is 16.0 Å². The number of fused-ring (bicyclic) bond motifs is 3. The Labute approximate surface area is 240 Å². The standard InChI is InChI=1S/C31H46N4O4S/c1-2-32-26-19-25(20-27(21-26)35-16-6-7-17-40(35,38)39)30(37)34-28(18-24-8-4-3-5-9-24)29(36)22-33-31-13-10-23(11-14-31)12-15-31/h3-5,8-9,19-21,23,28-29,32-33,36,38-39H,2,6-7,10-18,22H2,1H3,(H,34,37)/t23?,28-,29-,31?/m0/s1. The molecule has 0 aromatic heterocycles. The Hall–Kier alpha value is -2.30. The zero-order chi connectivity index (χ0) is 28.2. The minimum absolute atomic E-state index is 0.115. The maximum Gasteiger partial charge on any atom is 0.251 e. The van der Waals surface area contributed by atoms with Crippen LogP contribution in [0.1, 0.15) is 74.2 Å². The third-order valence-electron chi connectivity index (χ3n) is 9.09. The van der Waals surface area contributed by atoms with Crippen LogP contribution in [0.5, 0.6) is 0 Å². The molecule has 220 valence electrons. The predicted octanol–water partition coefficient (Wildman–Crippen LogP) is 5.40. The molecule has 6 rings (SSSR count). The number of carbonyl (C=O) groups excluding carboxylic acids is 1. The Bertz CT molecular complexity index is 1130. The Kier molecular flexibility index (Phi) is 9.27. The molecule has 3 saturated carbocycles. The molecule has 0 radical (unpaired) electrons. The fourth-order valence-corrected chi connectivity index (χ4v) is 8.35. The van der Waals surface area contributed by atoms with Crippen molar-refractivity contribution in [1.29, 1.82) is 0 Å². The number of nitrogens with zero attached hydrogens (tertiary/aromatic N) is 1. The van der Waals surface area contributed by atoms with E-state index in [0.29, 0.717) is 43.1 Å². The van der Waals surface area contributed by atoms with Crippen LogP contribution in [0, 0.1) is 5.92 Å². The van der Waals surface area contributed by atoms with Crippen molar-refractivity contribution in [3.8, 4) is 0 Å². The molecule has 3 aliphatic carbocycles. The molecule has 9 heteroatoms. The minimum Gasteiger partial charge on any atom is -0.390 e. The highest BCUT2D eigenvalue weighted by atomic mass is 32.3. The van der Waals surface area contributed by atoms with Gasteiger partial charge >= 0.3 is 0 Å². The van der Waals surface area contributed by atoms with Gasteiger partial charge < -0.3 is 21.1 Å². The summed E-state index contributed by atoms with van der Waals surface area (Å²) < 4.78 is 23.1. The zero-order valence-corrected chi connectivity index (χ0v) is 24.5. The normalized spacial score (nSPS) is 26.1. The van der Waals surface area contributed by atoms with Crippen LogP contribution >= 0.6 is 10.8 Å². The number of β-amino-alcohol motifs (C(OH)–C–C–N with tert-alkyl or cyclic N) is 1. The van der Waals surface area contributed by atoms with Gasteiger partial charge in [-0.25, -0.2) is 0 Å². The first-order valence-corrected chi connectivity index (χ1v) is 16.6. The molecule has 2 aromatic rings. The number of rotatable bonds is 11. The van der Waals surface area contributed by atoms with Crippen LogP contribution in [0.15, 0.2) is 48.5 Å². The number of amides is 1. The second-order valence-corrected chi connectivity index (χ2v) is 14.0. The van der Waals surface area contributed by atoms with Gasteiger partial charge in [-0.3, -0.25) is 18.2 Å². The number of anilines is 2. The van der Waals surface area contributed by atoms with Gasteiger partial charge in [0, 0.05) is 36.4 Å². The second-order valence-electron chi connectivity index (χ2n) is 11.9. The maximum absolute atomic E-state index is 13.7. The number of aliphatic hydroxyl groups is 1. The van der Waals surface area contributed by atoms with E-state index in [1.165, 1.54) is 19.3 Å². The highest BCUT2D eigenvalue weighted by molar-refractivity contribution is 8.25. The van der Waals surface area contributed by atoms with Crippen molar-refractivity contribution in [3.63, 3.8) is 0 Å². The van der Waals surface area contributed by atoms with Crippen LogP contribution in [0.25, 0.3) is 0 Å². The molecule has 8 nitrogen and oxygen atoms in total. The first-order valence-electron chi connectivity index (χ1n) is 15.0. The van der Waals surface area contributed by atoms with Gasteiger partial charge in [0.1, 0.15) is 0 Å². The predicted molar refractivity (Wildman–Crippen MR) is 164 cm³/mol. The van der Waals surface area contributed by atoms with Crippen molar-refractivity contribution in [2.45, 2.75) is 82.4 Å². The highest BCUT2D eigenvalue weighted by Crippen LogP contribution is 2.50. The van der Waals surface area contributed by atoms with Gasteiger partial charge in [0.2, 0.25) is 0 Å². The molecular formula is C31H46N4O4S. The zero-order valence-electron chi connectivity index (χ0n) is 23.6. The molecule has 40 heavy (non-hydrogen) atoms. The SMILES string of the molecule is CCNc1cc(C(=O)N[C@@H](Cc2ccccc2)[C@@H](O)CNC23CCC(CC2)CC3)cc(N2CCCCS2(O)O)c1. The molecule has 1 aliphatic heterocycles. The Morgan fingerprint density at radius 2 is 1.80 bits per heavy atom. The Morgan fingerprint density at radius 3 is 2.48 bits per heavy atom. The molecule has 1 amide bonds. The molecule has 4 aliphatic rings. The van der Waals surface area contributed by atoms with Crippen LogP contribution in [-0.2, 0) is 6.42 Å². The van der Waals surface area contributed by atoms with Crippen molar-refractivity contribution < 1.29 is 19.0 Å². The van der Waals surface area contributed by atoms with Gasteiger partial charge in [-0.05, 0) is 94.4 Å². The number of aliphatic hydroxyl groups excluding tert-OH is 1. The number of nitrogens with one attached hydrogen (secondary N) is 3. The lowest BCUT2D eigenvalue weighted by molar-refractivity contribution is 0.0645. The van der Waals surface area contributed by atoms with E-state index in [1.807, 2.05) is 43.3 Å². The summed E-state index contributed by atoms with van der Waals surface area (Å²) >= 11 is 0. The summed E-state index contributed by atoms with van der Waals surface area (Å²) in [4.78, 5) is 13.7. The second kappa shape index (κ2) is 12.7. The number of benzene rings is 2. The summed E-state index contributed by atoms with van der Waals surface area (Å²) in [5, 5.41) is 21.6. The number of hydrogen-bond donors (Lipinski definition) is 6. The average Bonchev–Trinajstić information content (AvgIpc) is 2.97. The Morgan fingerprint density at radius 1 is 1.07 bits per heavy atom. The molecule has 2 aromatic carbocycles. The van der Waals surface area contributed by atoms with Gasteiger partial charge in [-0.15, -0.1) is 10.8 Å². The van der Waals surface area contributed by atoms with Crippen molar-refractivity contribution in [2.75, 3.05) is 35.0 Å². The summed E-state index contributed by atoms with van der Waals surface area (Å²) in [6.45, 7) is 3.62. The monoisotopic (exact) mass is 570 g/mol. The summed E-state index contributed by atoms with van der Waals surface area (Å²) in [6.07, 6.45) is 8.66. The molecule has 2 bridgehead atoms. The highest BCUT2D eigenvalue weighted by Gasteiger charge is 2.40. The summed E-state index contributed by atoms with van der Waals surface area (Å²) in [6, 6.07) is 14.9. The molecule has 2 atom stereocenters. The smallest absolute Gasteiger partial charge is 0.251 e.